The maximum Gasteiger partial charge on any atom is 2.00 e. The van der Waals surface area contributed by atoms with Gasteiger partial charge in [-0.1, -0.05) is 43.3 Å². The Morgan fingerprint density at radius 2 is 1.43 bits per heavy atom. The van der Waals surface area contributed by atoms with Gasteiger partial charge in [-0.3, -0.25) is 0 Å². The second-order valence-corrected chi connectivity index (χ2v) is 8.26. The van der Waals surface area contributed by atoms with E-state index in [4.69, 9.17) is 0 Å². The minimum Gasteiger partial charge on any atom is -0.168 e. The van der Waals surface area contributed by atoms with Gasteiger partial charge in [0.05, 0.1) is 0 Å². The molecule has 5 aromatic rings. The van der Waals surface area contributed by atoms with Crippen molar-refractivity contribution in [2.45, 2.75) is 13.8 Å². The molecule has 0 amide bonds. The summed E-state index contributed by atoms with van der Waals surface area (Å²) in [6, 6.07) is 34.6. The first-order valence-corrected chi connectivity index (χ1v) is 10.3. The van der Waals surface area contributed by atoms with Crippen LogP contribution in [0, 0.1) is 13.8 Å². The summed E-state index contributed by atoms with van der Waals surface area (Å²) in [6.07, 6.45) is 0. The van der Waals surface area contributed by atoms with E-state index in [1.165, 1.54) is 43.3 Å². The summed E-state index contributed by atoms with van der Waals surface area (Å²) in [7, 11) is 0.754. The summed E-state index contributed by atoms with van der Waals surface area (Å²) in [5.41, 5.74) is 2.73. The fourth-order valence-corrected chi connectivity index (χ4v) is 4.70. The third-order valence-corrected chi connectivity index (χ3v) is 6.39. The molecule has 0 saturated heterocycles. The van der Waals surface area contributed by atoms with E-state index in [2.05, 4.69) is 111 Å². The van der Waals surface area contributed by atoms with Crippen LogP contribution in [0.15, 0.2) is 97.1 Å². The number of benzene rings is 3. The van der Waals surface area contributed by atoms with Crippen molar-refractivity contribution in [1.82, 2.24) is 0 Å². The Morgan fingerprint density at radius 3 is 2.21 bits per heavy atom. The average Bonchev–Trinajstić information content (AvgIpc) is 3.27. The number of aryl methyl sites for hydroxylation is 2. The molecular formula is C26H23PTi. The topological polar surface area (TPSA) is 0 Å². The van der Waals surface area contributed by atoms with Crippen molar-refractivity contribution in [1.29, 1.82) is 0 Å². The molecule has 0 aromatic heterocycles. The second kappa shape index (κ2) is 9.48. The monoisotopic (exact) mass is 414 g/mol. The van der Waals surface area contributed by atoms with Crippen LogP contribution in [0.25, 0.3) is 21.5 Å². The molecule has 0 heterocycles. The zero-order valence-electron chi connectivity index (χ0n) is 16.2. The van der Waals surface area contributed by atoms with Gasteiger partial charge >= 0.3 is 21.7 Å². The summed E-state index contributed by atoms with van der Waals surface area (Å²) >= 11 is 0. The van der Waals surface area contributed by atoms with Gasteiger partial charge in [-0.15, -0.1) is 89.5 Å². The van der Waals surface area contributed by atoms with Gasteiger partial charge < -0.3 is 0 Å². The fraction of sp³-hybridized carbons (Fsp3) is 0.0769. The molecule has 5 aromatic carbocycles. The maximum absolute atomic E-state index is 2.26. The number of rotatable bonds is 2. The molecule has 0 radical (unpaired) electrons. The zero-order chi connectivity index (χ0) is 18.6. The Labute approximate surface area is 184 Å². The Morgan fingerprint density at radius 1 is 0.750 bits per heavy atom. The summed E-state index contributed by atoms with van der Waals surface area (Å²) in [4.78, 5) is 0. The Balaban J connectivity index is 0.000000175. The summed E-state index contributed by atoms with van der Waals surface area (Å²) in [5.74, 6) is 0. The molecule has 0 saturated carbocycles. The summed E-state index contributed by atoms with van der Waals surface area (Å²) in [6.45, 7) is 4.31. The molecule has 0 aliphatic heterocycles. The van der Waals surface area contributed by atoms with Crippen LogP contribution in [0.2, 0.25) is 0 Å². The van der Waals surface area contributed by atoms with Gasteiger partial charge in [0.25, 0.3) is 0 Å². The van der Waals surface area contributed by atoms with Crippen LogP contribution in [-0.4, -0.2) is 0 Å². The normalized spacial score (nSPS) is 10.8. The Bertz CT molecular complexity index is 1150. The number of hydrogen-bond donors (Lipinski definition) is 0. The van der Waals surface area contributed by atoms with Crippen molar-refractivity contribution < 1.29 is 21.7 Å². The molecule has 0 spiro atoms. The van der Waals surface area contributed by atoms with Gasteiger partial charge in [0, 0.05) is 0 Å². The van der Waals surface area contributed by atoms with Gasteiger partial charge in [-0.05, 0) is 17.8 Å². The van der Waals surface area contributed by atoms with Crippen LogP contribution in [-0.2, 0) is 21.7 Å². The second-order valence-electron chi connectivity index (χ2n) is 6.94. The molecule has 1 atom stereocenters. The minimum atomic E-state index is 0. The van der Waals surface area contributed by atoms with Crippen LogP contribution in [0.5, 0.6) is 0 Å². The van der Waals surface area contributed by atoms with Gasteiger partial charge in [0.2, 0.25) is 0 Å². The van der Waals surface area contributed by atoms with Crippen LogP contribution in [0.1, 0.15) is 11.1 Å². The van der Waals surface area contributed by atoms with E-state index >= 15 is 0 Å². The van der Waals surface area contributed by atoms with Crippen molar-refractivity contribution in [3.05, 3.63) is 108 Å². The molecule has 0 nitrogen and oxygen atoms in total. The van der Waals surface area contributed by atoms with E-state index in [1.54, 1.807) is 0 Å². The van der Waals surface area contributed by atoms with E-state index in [0.29, 0.717) is 0 Å². The van der Waals surface area contributed by atoms with Crippen LogP contribution in [0.3, 0.4) is 0 Å². The summed E-state index contributed by atoms with van der Waals surface area (Å²) in [5, 5.41) is 8.34. The molecule has 1 unspecified atom stereocenters. The van der Waals surface area contributed by atoms with Crippen molar-refractivity contribution >= 4 is 40.7 Å². The van der Waals surface area contributed by atoms with Crippen molar-refractivity contribution in [3.63, 3.8) is 0 Å². The van der Waals surface area contributed by atoms with Crippen molar-refractivity contribution in [2.24, 2.45) is 0 Å². The molecule has 0 fully saturated rings. The van der Waals surface area contributed by atoms with Gasteiger partial charge in [-0.2, -0.15) is 12.1 Å². The first kappa shape index (κ1) is 20.8. The standard InChI is InChI=1S/C16H14P.C10H9.Ti/c1-12-6-2-5-9-15(12)17-16-11-10-13-7-3-4-8-14(13)16;1-8-6-9-4-2-3-5-10(9)7-8;/h2-11,17H,1H3;2-7H,1H3;/q2*-1;+2. The van der Waals surface area contributed by atoms with E-state index in [0.717, 1.165) is 8.58 Å². The molecule has 0 aliphatic rings. The Hall–Kier alpha value is -1.98. The SMILES string of the molecule is Cc1cc2ccccc2[cH-]1.Cc1ccccc1P[c-]1ccc2ccccc21.[Ti+2]. The quantitative estimate of drug-likeness (QED) is 0.179. The smallest absolute Gasteiger partial charge is 0.168 e. The maximum atomic E-state index is 2.26. The number of hydrogen-bond acceptors (Lipinski definition) is 0. The van der Waals surface area contributed by atoms with Crippen molar-refractivity contribution in [2.75, 3.05) is 0 Å². The largest absolute Gasteiger partial charge is 2.00 e. The number of fused-ring (bicyclic) bond motifs is 2. The molecular weight excluding hydrogens is 391 g/mol. The van der Waals surface area contributed by atoms with E-state index in [-0.39, 0.29) is 21.7 Å². The van der Waals surface area contributed by atoms with Crippen LogP contribution < -0.4 is 10.6 Å². The van der Waals surface area contributed by atoms with E-state index in [9.17, 15) is 0 Å². The van der Waals surface area contributed by atoms with Crippen LogP contribution in [0.4, 0.5) is 0 Å². The van der Waals surface area contributed by atoms with Gasteiger partial charge in [-0.25, -0.2) is 0 Å². The van der Waals surface area contributed by atoms with E-state index in [1.807, 2.05) is 0 Å². The van der Waals surface area contributed by atoms with Crippen LogP contribution >= 0.6 is 8.58 Å². The molecule has 28 heavy (non-hydrogen) atoms. The summed E-state index contributed by atoms with van der Waals surface area (Å²) < 4.78 is 0. The third-order valence-electron chi connectivity index (χ3n) is 4.86. The first-order valence-electron chi connectivity index (χ1n) is 9.30. The van der Waals surface area contributed by atoms with Gasteiger partial charge in [0.1, 0.15) is 0 Å². The van der Waals surface area contributed by atoms with Crippen molar-refractivity contribution in [3.8, 4) is 0 Å². The molecule has 0 bridgehead atoms. The average molecular weight is 414 g/mol. The first-order chi connectivity index (χ1) is 13.2. The molecule has 5 rings (SSSR count). The molecule has 0 aliphatic carbocycles. The molecule has 2 heteroatoms. The molecule has 0 N–H and O–H groups in total. The Kier molecular flexibility index (Phi) is 7.03. The third kappa shape index (κ3) is 4.71. The predicted molar refractivity (Wildman–Crippen MR) is 123 cm³/mol. The minimum absolute atomic E-state index is 0. The van der Waals surface area contributed by atoms with Gasteiger partial charge in [0.15, 0.2) is 0 Å². The predicted octanol–water partition coefficient (Wildman–Crippen LogP) is 6.36. The molecule has 136 valence electrons. The zero-order valence-corrected chi connectivity index (χ0v) is 18.8. The van der Waals surface area contributed by atoms with E-state index < -0.39 is 0 Å². The fourth-order valence-electron chi connectivity index (χ4n) is 3.42.